The summed E-state index contributed by atoms with van der Waals surface area (Å²) >= 11 is 0. The van der Waals surface area contributed by atoms with Crippen molar-refractivity contribution in [2.45, 2.75) is 6.42 Å². The molecular formula is C14H13NO3. The van der Waals surface area contributed by atoms with Gasteiger partial charge in [0.15, 0.2) is 11.5 Å². The molecule has 0 heterocycles. The van der Waals surface area contributed by atoms with Gasteiger partial charge in [-0.25, -0.2) is 0 Å². The molecule has 18 heavy (non-hydrogen) atoms. The highest BCUT2D eigenvalue weighted by atomic mass is 17.2. The van der Waals surface area contributed by atoms with Crippen molar-refractivity contribution in [3.8, 4) is 11.5 Å². The van der Waals surface area contributed by atoms with Crippen molar-refractivity contribution in [2.75, 3.05) is 0 Å². The lowest BCUT2D eigenvalue weighted by Gasteiger charge is -2.09. The maximum absolute atomic E-state index is 10.9. The van der Waals surface area contributed by atoms with Gasteiger partial charge in [-0.1, -0.05) is 36.4 Å². The van der Waals surface area contributed by atoms with Crippen molar-refractivity contribution in [3.63, 3.8) is 0 Å². The van der Waals surface area contributed by atoms with Gasteiger partial charge in [0.1, 0.15) is 0 Å². The number of nitrogens with two attached hydrogens (primary N) is 1. The third-order valence-corrected chi connectivity index (χ3v) is 2.31. The molecule has 0 saturated heterocycles. The van der Waals surface area contributed by atoms with Gasteiger partial charge in [-0.3, -0.25) is 14.6 Å². The van der Waals surface area contributed by atoms with Crippen LogP contribution in [-0.4, -0.2) is 5.91 Å². The van der Waals surface area contributed by atoms with Crippen LogP contribution in [0.25, 0.3) is 0 Å². The van der Waals surface area contributed by atoms with Crippen LogP contribution in [0.2, 0.25) is 0 Å². The molecule has 1 amide bonds. The van der Waals surface area contributed by atoms with Gasteiger partial charge in [0.25, 0.3) is 0 Å². The van der Waals surface area contributed by atoms with Crippen molar-refractivity contribution in [2.24, 2.45) is 5.73 Å². The highest BCUT2D eigenvalue weighted by Gasteiger charge is 2.07. The molecule has 0 aromatic heterocycles. The van der Waals surface area contributed by atoms with E-state index in [9.17, 15) is 4.79 Å². The van der Waals surface area contributed by atoms with Crippen LogP contribution in [0.1, 0.15) is 5.56 Å². The fourth-order valence-corrected chi connectivity index (χ4v) is 1.49. The number of para-hydroxylation sites is 2. The zero-order valence-electron chi connectivity index (χ0n) is 9.71. The molecule has 92 valence electrons. The molecule has 2 aromatic carbocycles. The summed E-state index contributed by atoms with van der Waals surface area (Å²) in [5.41, 5.74) is 5.86. The SMILES string of the molecule is NC(=O)Cc1ccccc1OOc1ccccc1. The van der Waals surface area contributed by atoms with E-state index in [1.165, 1.54) is 0 Å². The van der Waals surface area contributed by atoms with Crippen LogP contribution in [0.5, 0.6) is 11.5 Å². The van der Waals surface area contributed by atoms with E-state index in [2.05, 4.69) is 0 Å². The molecule has 0 aliphatic rings. The summed E-state index contributed by atoms with van der Waals surface area (Å²) in [6.45, 7) is 0. The third-order valence-electron chi connectivity index (χ3n) is 2.31. The number of amides is 1. The summed E-state index contributed by atoms with van der Waals surface area (Å²) in [4.78, 5) is 21.3. The normalized spacial score (nSPS) is 9.78. The standard InChI is InChI=1S/C14H13NO3/c15-14(16)10-11-6-4-5-9-13(11)18-17-12-7-2-1-3-8-12/h1-9H,10H2,(H2,15,16). The molecule has 4 heteroatoms. The van der Waals surface area contributed by atoms with Gasteiger partial charge in [0, 0.05) is 5.56 Å². The Bertz CT molecular complexity index is 526. The zero-order valence-corrected chi connectivity index (χ0v) is 9.71. The minimum atomic E-state index is -0.411. The second-order valence-electron chi connectivity index (χ2n) is 3.73. The Morgan fingerprint density at radius 1 is 0.944 bits per heavy atom. The van der Waals surface area contributed by atoms with E-state index in [1.807, 2.05) is 24.3 Å². The average Bonchev–Trinajstić information content (AvgIpc) is 2.38. The zero-order chi connectivity index (χ0) is 12.8. The highest BCUT2D eigenvalue weighted by molar-refractivity contribution is 5.77. The van der Waals surface area contributed by atoms with E-state index in [4.69, 9.17) is 15.5 Å². The molecule has 0 atom stereocenters. The van der Waals surface area contributed by atoms with Crippen LogP contribution in [0.3, 0.4) is 0 Å². The molecule has 0 spiro atoms. The number of carbonyl (C=O) groups excluding carboxylic acids is 1. The van der Waals surface area contributed by atoms with Crippen LogP contribution in [0, 0.1) is 0 Å². The molecule has 0 radical (unpaired) electrons. The maximum Gasteiger partial charge on any atom is 0.221 e. The van der Waals surface area contributed by atoms with Gasteiger partial charge >= 0.3 is 0 Å². The largest absolute Gasteiger partial charge is 0.369 e. The third kappa shape index (κ3) is 3.25. The number of primary amides is 1. The van der Waals surface area contributed by atoms with Crippen LogP contribution >= 0.6 is 0 Å². The van der Waals surface area contributed by atoms with Crippen molar-refractivity contribution < 1.29 is 14.6 Å². The molecule has 4 nitrogen and oxygen atoms in total. The lowest BCUT2D eigenvalue weighted by atomic mass is 10.1. The van der Waals surface area contributed by atoms with Crippen LogP contribution < -0.4 is 15.5 Å². The van der Waals surface area contributed by atoms with E-state index in [0.717, 1.165) is 0 Å². The van der Waals surface area contributed by atoms with Crippen LogP contribution in [-0.2, 0) is 11.2 Å². The topological polar surface area (TPSA) is 61.6 Å². The van der Waals surface area contributed by atoms with Gasteiger partial charge in [0.2, 0.25) is 5.91 Å². The number of carbonyl (C=O) groups is 1. The van der Waals surface area contributed by atoms with E-state index in [0.29, 0.717) is 17.1 Å². The first kappa shape index (κ1) is 12.0. The summed E-state index contributed by atoms with van der Waals surface area (Å²) < 4.78 is 0. The van der Waals surface area contributed by atoms with Gasteiger partial charge in [-0.15, -0.1) is 0 Å². The molecular weight excluding hydrogens is 230 g/mol. The number of hydrogen-bond donors (Lipinski definition) is 1. The molecule has 2 rings (SSSR count). The number of benzene rings is 2. The molecule has 0 fully saturated rings. The van der Waals surface area contributed by atoms with Gasteiger partial charge < -0.3 is 5.73 Å². The lowest BCUT2D eigenvalue weighted by Crippen LogP contribution is -2.14. The monoisotopic (exact) mass is 243 g/mol. The summed E-state index contributed by atoms with van der Waals surface area (Å²) in [6.07, 6.45) is 0.119. The molecule has 0 bridgehead atoms. The van der Waals surface area contributed by atoms with E-state index < -0.39 is 5.91 Å². The number of hydrogen-bond acceptors (Lipinski definition) is 3. The fraction of sp³-hybridized carbons (Fsp3) is 0.0714. The Hall–Kier alpha value is -2.49. The van der Waals surface area contributed by atoms with Crippen molar-refractivity contribution in [1.82, 2.24) is 0 Å². The Labute approximate surface area is 105 Å². The summed E-state index contributed by atoms with van der Waals surface area (Å²) in [6, 6.07) is 16.2. The van der Waals surface area contributed by atoms with E-state index >= 15 is 0 Å². The molecule has 0 unspecified atom stereocenters. The molecule has 2 N–H and O–H groups in total. The molecule has 0 aliphatic heterocycles. The van der Waals surface area contributed by atoms with Gasteiger partial charge in [-0.05, 0) is 18.2 Å². The summed E-state index contributed by atoms with van der Waals surface area (Å²) in [5, 5.41) is 0. The van der Waals surface area contributed by atoms with Crippen molar-refractivity contribution >= 4 is 5.91 Å². The second-order valence-corrected chi connectivity index (χ2v) is 3.73. The minimum absolute atomic E-state index is 0.119. The first-order valence-corrected chi connectivity index (χ1v) is 5.51. The van der Waals surface area contributed by atoms with E-state index in [-0.39, 0.29) is 6.42 Å². The first-order valence-electron chi connectivity index (χ1n) is 5.51. The van der Waals surface area contributed by atoms with Crippen molar-refractivity contribution in [1.29, 1.82) is 0 Å². The lowest BCUT2D eigenvalue weighted by molar-refractivity contribution is -0.117. The predicted molar refractivity (Wildman–Crippen MR) is 67.0 cm³/mol. The minimum Gasteiger partial charge on any atom is -0.369 e. The molecule has 2 aromatic rings. The highest BCUT2D eigenvalue weighted by Crippen LogP contribution is 2.20. The Morgan fingerprint density at radius 2 is 1.61 bits per heavy atom. The average molecular weight is 243 g/mol. The Kier molecular flexibility index (Phi) is 3.81. The fourth-order valence-electron chi connectivity index (χ4n) is 1.49. The quantitative estimate of drug-likeness (QED) is 0.646. The Balaban J connectivity index is 2.07. The Morgan fingerprint density at radius 3 is 2.33 bits per heavy atom. The smallest absolute Gasteiger partial charge is 0.221 e. The summed E-state index contributed by atoms with van der Waals surface area (Å²) in [5.74, 6) is 0.664. The van der Waals surface area contributed by atoms with Gasteiger partial charge in [-0.2, -0.15) is 0 Å². The van der Waals surface area contributed by atoms with Crippen LogP contribution in [0.15, 0.2) is 54.6 Å². The number of rotatable bonds is 5. The molecule has 0 saturated carbocycles. The first-order chi connectivity index (χ1) is 8.75. The van der Waals surface area contributed by atoms with Crippen molar-refractivity contribution in [3.05, 3.63) is 60.2 Å². The predicted octanol–water partition coefficient (Wildman–Crippen LogP) is 2.09. The maximum atomic E-state index is 10.9. The van der Waals surface area contributed by atoms with Gasteiger partial charge in [0.05, 0.1) is 6.42 Å². The summed E-state index contributed by atoms with van der Waals surface area (Å²) in [7, 11) is 0. The second kappa shape index (κ2) is 5.72. The molecule has 0 aliphatic carbocycles. The van der Waals surface area contributed by atoms with E-state index in [1.54, 1.807) is 30.3 Å². The van der Waals surface area contributed by atoms with Crippen LogP contribution in [0.4, 0.5) is 0 Å².